The Bertz CT molecular complexity index is 887. The number of ether oxygens (including phenoxy) is 2. The minimum Gasteiger partial charge on any atom is -0.494 e. The maximum absolute atomic E-state index is 12.0. The molecule has 0 fully saturated rings. The topological polar surface area (TPSA) is 65.4 Å². The number of hydrogen-bond acceptors (Lipinski definition) is 4. The number of aromatic nitrogens is 2. The van der Waals surface area contributed by atoms with Crippen LogP contribution in [0.2, 0.25) is 0 Å². The molecule has 0 spiro atoms. The summed E-state index contributed by atoms with van der Waals surface area (Å²) in [6, 6.07) is 15.3. The Hall–Kier alpha value is -3.02. The summed E-state index contributed by atoms with van der Waals surface area (Å²) in [4.78, 5) is 16.5. The number of carbonyl (C=O) groups is 1. The number of nitrogens with zero attached hydrogens (tertiary/aromatic N) is 2. The Balaban J connectivity index is 1.44. The number of amides is 1. The van der Waals surface area contributed by atoms with Gasteiger partial charge in [0.15, 0.2) is 6.61 Å². The van der Waals surface area contributed by atoms with Crippen LogP contribution in [-0.4, -0.2) is 35.2 Å². The molecule has 1 heterocycles. The van der Waals surface area contributed by atoms with Gasteiger partial charge in [0.2, 0.25) is 0 Å². The second-order valence-electron chi connectivity index (χ2n) is 6.26. The van der Waals surface area contributed by atoms with Crippen molar-refractivity contribution in [3.63, 3.8) is 0 Å². The molecule has 3 rings (SSSR count). The lowest BCUT2D eigenvalue weighted by Gasteiger charge is -2.10. The van der Waals surface area contributed by atoms with E-state index in [1.165, 1.54) is 0 Å². The molecule has 0 saturated carbocycles. The first-order chi connectivity index (χ1) is 13.2. The third-order valence-corrected chi connectivity index (χ3v) is 4.17. The molecule has 0 unspecified atom stereocenters. The van der Waals surface area contributed by atoms with E-state index < -0.39 is 0 Å². The number of fused-ring (bicyclic) bond motifs is 1. The predicted octanol–water partition coefficient (Wildman–Crippen LogP) is 3.33. The fraction of sp³-hybridized carbons (Fsp3) is 0.333. The van der Waals surface area contributed by atoms with Gasteiger partial charge in [-0.05, 0) is 49.7 Å². The van der Waals surface area contributed by atoms with Gasteiger partial charge < -0.3 is 19.4 Å². The highest BCUT2D eigenvalue weighted by molar-refractivity contribution is 5.78. The normalized spacial score (nSPS) is 10.7. The Morgan fingerprint density at radius 1 is 1.07 bits per heavy atom. The lowest BCUT2D eigenvalue weighted by Crippen LogP contribution is -2.31. The van der Waals surface area contributed by atoms with Crippen LogP contribution >= 0.6 is 0 Å². The van der Waals surface area contributed by atoms with Crippen molar-refractivity contribution in [1.29, 1.82) is 0 Å². The zero-order chi connectivity index (χ0) is 19.1. The zero-order valence-corrected chi connectivity index (χ0v) is 15.8. The highest BCUT2D eigenvalue weighted by atomic mass is 16.5. The molecule has 6 heteroatoms. The van der Waals surface area contributed by atoms with E-state index in [9.17, 15) is 4.79 Å². The molecule has 0 aliphatic carbocycles. The Kier molecular flexibility index (Phi) is 6.30. The Labute approximate surface area is 159 Å². The van der Waals surface area contributed by atoms with E-state index >= 15 is 0 Å². The molecule has 0 aliphatic rings. The van der Waals surface area contributed by atoms with E-state index in [-0.39, 0.29) is 12.5 Å². The molecule has 27 heavy (non-hydrogen) atoms. The molecule has 1 N–H and O–H groups in total. The van der Waals surface area contributed by atoms with E-state index in [2.05, 4.69) is 21.8 Å². The maximum Gasteiger partial charge on any atom is 0.258 e. The van der Waals surface area contributed by atoms with Crippen molar-refractivity contribution in [3.8, 4) is 11.5 Å². The minimum atomic E-state index is -0.150. The van der Waals surface area contributed by atoms with Gasteiger partial charge in [0, 0.05) is 13.1 Å². The lowest BCUT2D eigenvalue weighted by atomic mass is 10.3. The van der Waals surface area contributed by atoms with Crippen LogP contribution in [0.15, 0.2) is 48.5 Å². The summed E-state index contributed by atoms with van der Waals surface area (Å²) in [5.74, 6) is 2.23. The van der Waals surface area contributed by atoms with Crippen LogP contribution in [0.1, 0.15) is 19.2 Å². The van der Waals surface area contributed by atoms with Crippen molar-refractivity contribution >= 4 is 16.9 Å². The monoisotopic (exact) mass is 367 g/mol. The summed E-state index contributed by atoms with van der Waals surface area (Å²) in [7, 11) is 0. The van der Waals surface area contributed by atoms with Gasteiger partial charge >= 0.3 is 0 Å². The average molecular weight is 367 g/mol. The van der Waals surface area contributed by atoms with Crippen LogP contribution in [0.4, 0.5) is 0 Å². The molecule has 0 saturated heterocycles. The largest absolute Gasteiger partial charge is 0.494 e. The molecule has 1 amide bonds. The number of rotatable bonds is 9. The molecule has 6 nitrogen and oxygen atoms in total. The van der Waals surface area contributed by atoms with Crippen molar-refractivity contribution in [2.24, 2.45) is 0 Å². The van der Waals surface area contributed by atoms with E-state index in [1.807, 2.05) is 43.3 Å². The first kappa shape index (κ1) is 18.8. The summed E-state index contributed by atoms with van der Waals surface area (Å²) in [6.45, 7) is 5.90. The van der Waals surface area contributed by atoms with Crippen molar-refractivity contribution < 1.29 is 14.3 Å². The number of para-hydroxylation sites is 2. The van der Waals surface area contributed by atoms with Gasteiger partial charge in [-0.1, -0.05) is 19.1 Å². The van der Waals surface area contributed by atoms with Gasteiger partial charge in [0.05, 0.1) is 17.6 Å². The van der Waals surface area contributed by atoms with E-state index in [4.69, 9.17) is 9.47 Å². The third kappa shape index (κ3) is 5.00. The van der Waals surface area contributed by atoms with E-state index in [0.717, 1.165) is 29.0 Å². The van der Waals surface area contributed by atoms with Crippen molar-refractivity contribution in [1.82, 2.24) is 14.9 Å². The van der Waals surface area contributed by atoms with Gasteiger partial charge in [-0.2, -0.15) is 0 Å². The zero-order valence-electron chi connectivity index (χ0n) is 15.8. The number of carbonyl (C=O) groups excluding carboxylic acids is 1. The molecule has 0 bridgehead atoms. The van der Waals surface area contributed by atoms with Crippen LogP contribution in [0.25, 0.3) is 11.0 Å². The highest BCUT2D eigenvalue weighted by Gasteiger charge is 2.07. The summed E-state index contributed by atoms with van der Waals surface area (Å²) in [5, 5.41) is 2.89. The first-order valence-electron chi connectivity index (χ1n) is 9.21. The van der Waals surface area contributed by atoms with Crippen LogP contribution in [0.5, 0.6) is 11.5 Å². The molecule has 2 aromatic carbocycles. The van der Waals surface area contributed by atoms with Crippen molar-refractivity contribution in [3.05, 3.63) is 54.4 Å². The maximum atomic E-state index is 12.0. The third-order valence-electron chi connectivity index (χ3n) is 4.17. The van der Waals surface area contributed by atoms with E-state index in [0.29, 0.717) is 25.4 Å². The number of benzene rings is 2. The Morgan fingerprint density at radius 2 is 1.78 bits per heavy atom. The van der Waals surface area contributed by atoms with Gasteiger partial charge in [0.1, 0.15) is 17.3 Å². The predicted molar refractivity (Wildman–Crippen MR) is 105 cm³/mol. The fourth-order valence-corrected chi connectivity index (χ4v) is 2.84. The number of imidazole rings is 1. The van der Waals surface area contributed by atoms with Crippen molar-refractivity contribution in [2.45, 2.75) is 26.8 Å². The van der Waals surface area contributed by atoms with Crippen LogP contribution in [0, 0.1) is 6.92 Å². The molecule has 1 aromatic heterocycles. The number of aryl methyl sites for hydroxylation is 1. The summed E-state index contributed by atoms with van der Waals surface area (Å²) in [6.07, 6.45) is 0.965. The molecule has 0 atom stereocenters. The SMILES string of the molecule is CCCOc1ccc(OCC(=O)NCCn2c(C)nc3ccccc32)cc1. The minimum absolute atomic E-state index is 0.0151. The van der Waals surface area contributed by atoms with Gasteiger partial charge in [-0.25, -0.2) is 4.98 Å². The van der Waals surface area contributed by atoms with Crippen molar-refractivity contribution in [2.75, 3.05) is 19.8 Å². The summed E-state index contributed by atoms with van der Waals surface area (Å²) < 4.78 is 13.1. The van der Waals surface area contributed by atoms with Gasteiger partial charge in [-0.15, -0.1) is 0 Å². The van der Waals surface area contributed by atoms with Gasteiger partial charge in [0.25, 0.3) is 5.91 Å². The van der Waals surface area contributed by atoms with Crippen LogP contribution in [-0.2, 0) is 11.3 Å². The first-order valence-corrected chi connectivity index (χ1v) is 9.21. The van der Waals surface area contributed by atoms with Crippen LogP contribution in [0.3, 0.4) is 0 Å². The highest BCUT2D eigenvalue weighted by Crippen LogP contribution is 2.17. The standard InChI is InChI=1S/C21H25N3O3/c1-3-14-26-17-8-10-18(11-9-17)27-15-21(25)22-12-13-24-16(2)23-19-6-4-5-7-20(19)24/h4-11H,3,12-15H2,1-2H3,(H,22,25). The summed E-state index contributed by atoms with van der Waals surface area (Å²) >= 11 is 0. The molecule has 142 valence electrons. The molecular formula is C21H25N3O3. The number of hydrogen-bond donors (Lipinski definition) is 1. The average Bonchev–Trinajstić information content (AvgIpc) is 3.01. The molecule has 0 radical (unpaired) electrons. The van der Waals surface area contributed by atoms with Gasteiger partial charge in [-0.3, -0.25) is 4.79 Å². The van der Waals surface area contributed by atoms with E-state index in [1.54, 1.807) is 12.1 Å². The number of nitrogens with one attached hydrogen (secondary N) is 1. The Morgan fingerprint density at radius 3 is 2.52 bits per heavy atom. The quantitative estimate of drug-likeness (QED) is 0.630. The second-order valence-corrected chi connectivity index (χ2v) is 6.26. The smallest absolute Gasteiger partial charge is 0.258 e. The molecular weight excluding hydrogens is 342 g/mol. The molecule has 3 aromatic rings. The molecule has 0 aliphatic heterocycles. The fourth-order valence-electron chi connectivity index (χ4n) is 2.84. The lowest BCUT2D eigenvalue weighted by molar-refractivity contribution is -0.123. The summed E-state index contributed by atoms with van der Waals surface area (Å²) in [5.41, 5.74) is 2.04. The second kappa shape index (κ2) is 9.07. The van der Waals surface area contributed by atoms with Crippen LogP contribution < -0.4 is 14.8 Å².